The number of carbonyl (C=O) groups is 2. The van der Waals surface area contributed by atoms with Crippen LogP contribution in [0.25, 0.3) is 0 Å². The minimum atomic E-state index is -1.20. The molecule has 4 aliphatic carbocycles. The highest BCUT2D eigenvalue weighted by Gasteiger charge is 2.50. The van der Waals surface area contributed by atoms with Gasteiger partial charge in [0, 0.05) is 6.08 Å². The molecule has 0 unspecified atom stereocenters. The molecule has 1 N–H and O–H groups in total. The average molecular weight is 274 g/mol. The lowest BCUT2D eigenvalue weighted by molar-refractivity contribution is -0.139. The van der Waals surface area contributed by atoms with Crippen molar-refractivity contribution in [1.82, 2.24) is 0 Å². The summed E-state index contributed by atoms with van der Waals surface area (Å²) in [6.45, 7) is 0. The van der Waals surface area contributed by atoms with Crippen LogP contribution in [0.15, 0.2) is 23.5 Å². The predicted molar refractivity (Wildman–Crippen MR) is 70.5 cm³/mol. The molecule has 4 fully saturated rings. The van der Waals surface area contributed by atoms with Gasteiger partial charge in [0.2, 0.25) is 0 Å². The maximum atomic E-state index is 11.5. The van der Waals surface area contributed by atoms with Crippen molar-refractivity contribution in [3.63, 3.8) is 0 Å². The molecule has 4 heteroatoms. The number of allylic oxidation sites excluding steroid dienone is 2. The number of esters is 1. The Morgan fingerprint density at radius 1 is 1.20 bits per heavy atom. The molecule has 5 rings (SSSR count). The van der Waals surface area contributed by atoms with Gasteiger partial charge in [-0.05, 0) is 67.8 Å². The molecule has 0 aromatic rings. The Morgan fingerprint density at radius 2 is 1.75 bits per heavy atom. The maximum absolute atomic E-state index is 11.5. The van der Waals surface area contributed by atoms with Crippen molar-refractivity contribution in [2.24, 2.45) is 23.2 Å². The quantitative estimate of drug-likeness (QED) is 0.621. The van der Waals surface area contributed by atoms with Crippen molar-refractivity contribution in [1.29, 1.82) is 0 Å². The molecule has 0 saturated heterocycles. The van der Waals surface area contributed by atoms with E-state index in [9.17, 15) is 9.59 Å². The fraction of sp³-hybridized carbons (Fsp3) is 0.625. The lowest BCUT2D eigenvalue weighted by atomic mass is 9.49. The number of ether oxygens (including phenoxy) is 1. The van der Waals surface area contributed by atoms with Crippen LogP contribution in [-0.2, 0) is 14.3 Å². The van der Waals surface area contributed by atoms with Crippen LogP contribution in [0.1, 0.15) is 38.5 Å². The topological polar surface area (TPSA) is 63.6 Å². The smallest absolute Gasteiger partial charge is 0.351 e. The standard InChI is InChI=1S/C16H18O4/c17-14(18)13-4-12(20-15(13)19)8-16-5-9-1-10(6-16)3-11(2-9)7-16/h4,8-11H,1-3,5-7H2,(H,17,18)/b12-8+. The molecule has 4 saturated carbocycles. The maximum Gasteiger partial charge on any atom is 0.351 e. The van der Waals surface area contributed by atoms with Gasteiger partial charge in [-0.2, -0.15) is 0 Å². The van der Waals surface area contributed by atoms with E-state index in [0.717, 1.165) is 17.8 Å². The zero-order valence-electron chi connectivity index (χ0n) is 11.3. The summed E-state index contributed by atoms with van der Waals surface area (Å²) in [5, 5.41) is 8.93. The number of hydrogen-bond donors (Lipinski definition) is 1. The van der Waals surface area contributed by atoms with Crippen LogP contribution in [0, 0.1) is 23.2 Å². The molecule has 0 atom stereocenters. The van der Waals surface area contributed by atoms with Crippen LogP contribution in [0.4, 0.5) is 0 Å². The van der Waals surface area contributed by atoms with E-state index in [2.05, 4.69) is 6.08 Å². The molecule has 20 heavy (non-hydrogen) atoms. The molecule has 4 nitrogen and oxygen atoms in total. The Morgan fingerprint density at radius 3 is 2.20 bits per heavy atom. The third-order valence-corrected chi connectivity index (χ3v) is 5.48. The van der Waals surface area contributed by atoms with Crippen molar-refractivity contribution < 1.29 is 19.4 Å². The van der Waals surface area contributed by atoms with Gasteiger partial charge in [0.25, 0.3) is 0 Å². The average Bonchev–Trinajstić information content (AvgIpc) is 2.67. The molecule has 0 aromatic carbocycles. The van der Waals surface area contributed by atoms with Crippen LogP contribution in [0.3, 0.4) is 0 Å². The SMILES string of the molecule is O=C(O)C1=C/C(=C\C23CC4CC(CC(C4)C2)C3)OC1=O. The summed E-state index contributed by atoms with van der Waals surface area (Å²) in [5.74, 6) is 0.973. The summed E-state index contributed by atoms with van der Waals surface area (Å²) in [5.41, 5.74) is -0.101. The van der Waals surface area contributed by atoms with Gasteiger partial charge < -0.3 is 9.84 Å². The first kappa shape index (κ1) is 12.2. The van der Waals surface area contributed by atoms with E-state index in [-0.39, 0.29) is 11.0 Å². The lowest BCUT2D eigenvalue weighted by Gasteiger charge is -2.55. The van der Waals surface area contributed by atoms with Crippen LogP contribution < -0.4 is 0 Å². The Hall–Kier alpha value is -1.58. The number of aliphatic carboxylic acids is 1. The van der Waals surface area contributed by atoms with Crippen molar-refractivity contribution >= 4 is 11.9 Å². The monoisotopic (exact) mass is 274 g/mol. The van der Waals surface area contributed by atoms with Crippen molar-refractivity contribution in [3.8, 4) is 0 Å². The number of cyclic esters (lactones) is 1. The molecule has 1 heterocycles. The first-order chi connectivity index (χ1) is 9.53. The third kappa shape index (κ3) is 1.81. The van der Waals surface area contributed by atoms with E-state index < -0.39 is 11.9 Å². The third-order valence-electron chi connectivity index (χ3n) is 5.48. The van der Waals surface area contributed by atoms with Crippen LogP contribution in [0.5, 0.6) is 0 Å². The molecule has 4 bridgehead atoms. The number of carboxylic acid groups (broad SMARTS) is 1. The zero-order valence-corrected chi connectivity index (χ0v) is 11.3. The normalized spacial score (nSPS) is 43.8. The Kier molecular flexibility index (Phi) is 2.41. The van der Waals surface area contributed by atoms with E-state index in [4.69, 9.17) is 9.84 Å². The molecule has 0 spiro atoms. The van der Waals surface area contributed by atoms with Gasteiger partial charge in [-0.3, -0.25) is 0 Å². The summed E-state index contributed by atoms with van der Waals surface area (Å²) in [7, 11) is 0. The van der Waals surface area contributed by atoms with Gasteiger partial charge >= 0.3 is 11.9 Å². The summed E-state index contributed by atoms with van der Waals surface area (Å²) in [6.07, 6.45) is 11.1. The fourth-order valence-electron chi connectivity index (χ4n) is 5.27. The molecule has 0 aromatic heterocycles. The van der Waals surface area contributed by atoms with Gasteiger partial charge in [-0.1, -0.05) is 0 Å². The van der Waals surface area contributed by atoms with Gasteiger partial charge in [-0.25, -0.2) is 9.59 Å². The van der Waals surface area contributed by atoms with Gasteiger partial charge in [-0.15, -0.1) is 0 Å². The minimum Gasteiger partial charge on any atom is -0.477 e. The molecule has 0 amide bonds. The first-order valence-corrected chi connectivity index (χ1v) is 7.43. The second-order valence-electron chi connectivity index (χ2n) is 7.08. The Bertz CT molecular complexity index is 520. The number of rotatable bonds is 2. The molecule has 5 aliphatic rings. The summed E-state index contributed by atoms with van der Waals surface area (Å²) in [4.78, 5) is 22.4. The molecule has 1 aliphatic heterocycles. The molecule has 0 radical (unpaired) electrons. The van der Waals surface area contributed by atoms with Gasteiger partial charge in [0.15, 0.2) is 0 Å². The predicted octanol–water partition coefficient (Wildman–Crippen LogP) is 2.65. The Balaban J connectivity index is 1.64. The fourth-order valence-corrected chi connectivity index (χ4v) is 5.27. The van der Waals surface area contributed by atoms with E-state index in [1.807, 2.05) is 0 Å². The first-order valence-electron chi connectivity index (χ1n) is 7.43. The second-order valence-corrected chi connectivity index (χ2v) is 7.08. The van der Waals surface area contributed by atoms with Gasteiger partial charge in [0.05, 0.1) is 0 Å². The lowest BCUT2D eigenvalue weighted by Crippen LogP contribution is -2.45. The highest BCUT2D eigenvalue weighted by Crippen LogP contribution is 2.61. The van der Waals surface area contributed by atoms with E-state index in [1.165, 1.54) is 44.6 Å². The highest BCUT2D eigenvalue weighted by molar-refractivity contribution is 6.15. The van der Waals surface area contributed by atoms with Gasteiger partial charge in [0.1, 0.15) is 11.3 Å². The van der Waals surface area contributed by atoms with E-state index in [0.29, 0.717) is 5.76 Å². The Labute approximate surface area is 117 Å². The van der Waals surface area contributed by atoms with Crippen LogP contribution in [0.2, 0.25) is 0 Å². The van der Waals surface area contributed by atoms with E-state index in [1.54, 1.807) is 0 Å². The highest BCUT2D eigenvalue weighted by atomic mass is 16.5. The second kappa shape index (κ2) is 3.96. The molecular weight excluding hydrogens is 256 g/mol. The number of carbonyl (C=O) groups excluding carboxylic acids is 1. The summed E-state index contributed by atoms with van der Waals surface area (Å²) < 4.78 is 5.12. The van der Waals surface area contributed by atoms with Crippen LogP contribution >= 0.6 is 0 Å². The van der Waals surface area contributed by atoms with Crippen molar-refractivity contribution in [2.45, 2.75) is 38.5 Å². The summed E-state index contributed by atoms with van der Waals surface area (Å²) >= 11 is 0. The molecule has 106 valence electrons. The minimum absolute atomic E-state index is 0.148. The zero-order chi connectivity index (χ0) is 13.9. The molecular formula is C16H18O4. The van der Waals surface area contributed by atoms with Crippen LogP contribution in [-0.4, -0.2) is 17.0 Å². The number of carboxylic acids is 1. The largest absolute Gasteiger partial charge is 0.477 e. The number of hydrogen-bond acceptors (Lipinski definition) is 3. The van der Waals surface area contributed by atoms with Crippen molar-refractivity contribution in [2.75, 3.05) is 0 Å². The van der Waals surface area contributed by atoms with Crippen molar-refractivity contribution in [3.05, 3.63) is 23.5 Å². The summed E-state index contributed by atoms with van der Waals surface area (Å²) in [6, 6.07) is 0. The van der Waals surface area contributed by atoms with E-state index >= 15 is 0 Å².